The first-order valence-electron chi connectivity index (χ1n) is 7.79. The third-order valence-electron chi connectivity index (χ3n) is 3.77. The predicted molar refractivity (Wildman–Crippen MR) is 96.4 cm³/mol. The van der Waals surface area contributed by atoms with Gasteiger partial charge in [-0.3, -0.25) is 0 Å². The Morgan fingerprint density at radius 3 is 2.67 bits per heavy atom. The molecule has 1 aromatic heterocycles. The number of para-hydroxylation sites is 1. The Morgan fingerprint density at radius 1 is 1.08 bits per heavy atom. The molecule has 0 unspecified atom stereocenters. The summed E-state index contributed by atoms with van der Waals surface area (Å²) in [6, 6.07) is 15.0. The van der Waals surface area contributed by atoms with Crippen molar-refractivity contribution < 1.29 is 9.21 Å². The van der Waals surface area contributed by atoms with Gasteiger partial charge in [0.25, 0.3) is 0 Å². The number of halogens is 1. The Morgan fingerprint density at radius 2 is 1.88 bits per heavy atom. The summed E-state index contributed by atoms with van der Waals surface area (Å²) in [5.74, 6) is -0.682. The number of fused-ring (bicyclic) bond motifs is 1. The highest BCUT2D eigenvalue weighted by atomic mass is 79.9. The topological polar surface area (TPSA) is 64.2 Å². The first-order valence-corrected chi connectivity index (χ1v) is 8.58. The van der Waals surface area contributed by atoms with Gasteiger partial charge in [0.15, 0.2) is 5.58 Å². The first kappa shape index (κ1) is 16.5. The molecular formula is C18H17BrN2O3. The van der Waals surface area contributed by atoms with E-state index in [0.29, 0.717) is 22.1 Å². The molecule has 0 spiro atoms. The van der Waals surface area contributed by atoms with Crippen molar-refractivity contribution in [3.05, 3.63) is 69.1 Å². The van der Waals surface area contributed by atoms with Crippen molar-refractivity contribution in [1.29, 1.82) is 0 Å². The van der Waals surface area contributed by atoms with Gasteiger partial charge in [-0.25, -0.2) is 9.59 Å². The Balaban J connectivity index is 1.57. The smallest absolute Gasteiger partial charge is 0.406 e. The van der Waals surface area contributed by atoms with E-state index in [1.54, 1.807) is 18.2 Å². The Labute approximate surface area is 147 Å². The zero-order valence-corrected chi connectivity index (χ0v) is 14.6. The Bertz CT molecular complexity index is 900. The Hall–Kier alpha value is -2.34. The molecule has 2 aromatic carbocycles. The minimum Gasteiger partial charge on any atom is -0.406 e. The van der Waals surface area contributed by atoms with Gasteiger partial charge < -0.3 is 9.73 Å². The number of benzene rings is 2. The molecule has 124 valence electrons. The number of aryl methyl sites for hydroxylation is 1. The van der Waals surface area contributed by atoms with Crippen molar-refractivity contribution in [3.8, 4) is 0 Å². The van der Waals surface area contributed by atoms with Crippen LogP contribution >= 0.6 is 15.9 Å². The average molecular weight is 389 g/mol. The number of amides is 1. The number of hydrogen-bond acceptors (Lipinski definition) is 3. The van der Waals surface area contributed by atoms with E-state index >= 15 is 0 Å². The van der Waals surface area contributed by atoms with Gasteiger partial charge in [0.05, 0.1) is 4.47 Å². The van der Waals surface area contributed by atoms with Crippen LogP contribution in [0.4, 0.5) is 4.79 Å². The molecule has 0 aliphatic carbocycles. The SMILES string of the molecule is O=C(NCCCCc1ccccc1)n1c(=O)oc2c(Br)cccc21. The second-order valence-electron chi connectivity index (χ2n) is 5.47. The van der Waals surface area contributed by atoms with E-state index in [1.807, 2.05) is 18.2 Å². The molecule has 0 radical (unpaired) electrons. The molecule has 24 heavy (non-hydrogen) atoms. The summed E-state index contributed by atoms with van der Waals surface area (Å²) in [4.78, 5) is 24.2. The van der Waals surface area contributed by atoms with Crippen molar-refractivity contribution in [3.63, 3.8) is 0 Å². The monoisotopic (exact) mass is 388 g/mol. The van der Waals surface area contributed by atoms with Crippen molar-refractivity contribution in [2.24, 2.45) is 0 Å². The minimum atomic E-state index is -0.682. The summed E-state index contributed by atoms with van der Waals surface area (Å²) in [5.41, 5.74) is 2.11. The zero-order chi connectivity index (χ0) is 16.9. The largest absolute Gasteiger partial charge is 0.428 e. The van der Waals surface area contributed by atoms with Crippen LogP contribution in [0.15, 0.2) is 62.2 Å². The second kappa shape index (κ2) is 7.49. The number of nitrogens with zero attached hydrogens (tertiary/aromatic N) is 1. The summed E-state index contributed by atoms with van der Waals surface area (Å²) in [7, 11) is 0. The van der Waals surface area contributed by atoms with Gasteiger partial charge in [0.1, 0.15) is 5.52 Å². The molecule has 0 fully saturated rings. The molecule has 3 aromatic rings. The fourth-order valence-electron chi connectivity index (χ4n) is 2.57. The maximum Gasteiger partial charge on any atom is 0.428 e. The number of carbonyl (C=O) groups excluding carboxylic acids is 1. The molecule has 0 atom stereocenters. The van der Waals surface area contributed by atoms with Crippen molar-refractivity contribution >= 4 is 33.1 Å². The predicted octanol–water partition coefficient (Wildman–Crippen LogP) is 3.94. The minimum absolute atomic E-state index is 0.377. The fraction of sp³-hybridized carbons (Fsp3) is 0.222. The molecule has 1 amide bonds. The molecule has 0 bridgehead atoms. The molecular weight excluding hydrogens is 372 g/mol. The molecule has 3 rings (SSSR count). The second-order valence-corrected chi connectivity index (χ2v) is 6.32. The van der Waals surface area contributed by atoms with E-state index in [-0.39, 0.29) is 0 Å². The third-order valence-corrected chi connectivity index (χ3v) is 4.40. The van der Waals surface area contributed by atoms with E-state index < -0.39 is 11.8 Å². The number of unbranched alkanes of at least 4 members (excludes halogenated alkanes) is 1. The number of carbonyl (C=O) groups is 1. The number of aromatic nitrogens is 1. The van der Waals surface area contributed by atoms with Crippen LogP contribution < -0.4 is 11.1 Å². The highest BCUT2D eigenvalue weighted by Gasteiger charge is 2.16. The van der Waals surface area contributed by atoms with E-state index in [1.165, 1.54) is 5.56 Å². The van der Waals surface area contributed by atoms with Crippen LogP contribution in [-0.2, 0) is 6.42 Å². The van der Waals surface area contributed by atoms with Crippen LogP contribution in [0.25, 0.3) is 11.1 Å². The molecule has 0 aliphatic heterocycles. The quantitative estimate of drug-likeness (QED) is 0.673. The van der Waals surface area contributed by atoms with Gasteiger partial charge in [-0.15, -0.1) is 0 Å². The van der Waals surface area contributed by atoms with E-state index in [9.17, 15) is 9.59 Å². The van der Waals surface area contributed by atoms with Crippen LogP contribution in [0.3, 0.4) is 0 Å². The number of nitrogens with one attached hydrogen (secondary N) is 1. The zero-order valence-electron chi connectivity index (χ0n) is 13.0. The van der Waals surface area contributed by atoms with Gasteiger partial charge in [0, 0.05) is 6.54 Å². The normalized spacial score (nSPS) is 10.9. The van der Waals surface area contributed by atoms with Gasteiger partial charge in [0.2, 0.25) is 0 Å². The lowest BCUT2D eigenvalue weighted by atomic mass is 10.1. The summed E-state index contributed by atoms with van der Waals surface area (Å²) in [5, 5.41) is 2.77. The van der Waals surface area contributed by atoms with Crippen molar-refractivity contribution in [2.75, 3.05) is 6.54 Å². The number of hydrogen-bond donors (Lipinski definition) is 1. The first-order chi connectivity index (χ1) is 11.7. The van der Waals surface area contributed by atoms with Crippen LogP contribution in [0, 0.1) is 0 Å². The summed E-state index contributed by atoms with van der Waals surface area (Å²) >= 11 is 3.31. The number of oxazole rings is 1. The summed E-state index contributed by atoms with van der Waals surface area (Å²) < 4.78 is 6.81. The maximum absolute atomic E-state index is 12.3. The molecule has 1 N–H and O–H groups in total. The van der Waals surface area contributed by atoms with E-state index in [4.69, 9.17) is 4.42 Å². The van der Waals surface area contributed by atoms with Crippen LogP contribution in [-0.4, -0.2) is 17.1 Å². The van der Waals surface area contributed by atoms with Gasteiger partial charge >= 0.3 is 11.8 Å². The lowest BCUT2D eigenvalue weighted by Crippen LogP contribution is -2.34. The van der Waals surface area contributed by atoms with Crippen molar-refractivity contribution in [2.45, 2.75) is 19.3 Å². The number of rotatable bonds is 5. The maximum atomic E-state index is 12.3. The highest BCUT2D eigenvalue weighted by Crippen LogP contribution is 2.22. The van der Waals surface area contributed by atoms with Crippen LogP contribution in [0.5, 0.6) is 0 Å². The fourth-order valence-corrected chi connectivity index (χ4v) is 3.01. The standard InChI is InChI=1S/C18H17BrN2O3/c19-14-10-6-11-15-16(14)24-18(23)21(15)17(22)20-12-5-4-9-13-7-2-1-3-8-13/h1-3,6-8,10-11H,4-5,9,12H2,(H,20,22). The van der Waals surface area contributed by atoms with Crippen molar-refractivity contribution in [1.82, 2.24) is 9.88 Å². The average Bonchev–Trinajstić information content (AvgIpc) is 2.93. The lowest BCUT2D eigenvalue weighted by molar-refractivity contribution is 0.241. The molecule has 0 saturated carbocycles. The van der Waals surface area contributed by atoms with Crippen LogP contribution in [0.2, 0.25) is 0 Å². The molecule has 0 aliphatic rings. The lowest BCUT2D eigenvalue weighted by Gasteiger charge is -2.05. The summed E-state index contributed by atoms with van der Waals surface area (Å²) in [6.07, 6.45) is 2.78. The Kier molecular flexibility index (Phi) is 5.15. The molecule has 5 nitrogen and oxygen atoms in total. The summed E-state index contributed by atoms with van der Waals surface area (Å²) in [6.45, 7) is 0.513. The molecule has 6 heteroatoms. The molecule has 0 saturated heterocycles. The van der Waals surface area contributed by atoms with E-state index in [0.717, 1.165) is 23.8 Å². The van der Waals surface area contributed by atoms with Gasteiger partial charge in [-0.2, -0.15) is 4.57 Å². The molecule has 1 heterocycles. The van der Waals surface area contributed by atoms with Crippen LogP contribution in [0.1, 0.15) is 18.4 Å². The van der Waals surface area contributed by atoms with Gasteiger partial charge in [-0.05, 0) is 52.9 Å². The van der Waals surface area contributed by atoms with E-state index in [2.05, 4.69) is 33.4 Å². The van der Waals surface area contributed by atoms with Gasteiger partial charge in [-0.1, -0.05) is 36.4 Å². The highest BCUT2D eigenvalue weighted by molar-refractivity contribution is 9.10. The third kappa shape index (κ3) is 3.59.